The number of hydrogen-bond acceptors (Lipinski definition) is 4. The highest BCUT2D eigenvalue weighted by atomic mass is 16.7. The van der Waals surface area contributed by atoms with Crippen molar-refractivity contribution in [2.75, 3.05) is 20.8 Å². The number of rotatable bonds is 11. The maximum Gasteiger partial charge on any atom is 0.233 e. The molecule has 0 aliphatic heterocycles. The van der Waals surface area contributed by atoms with Crippen molar-refractivity contribution in [3.05, 3.63) is 23.8 Å². The number of nitrogens with zero attached hydrogens (tertiary/aromatic N) is 1. The molecule has 0 heterocycles. The maximum absolute atomic E-state index is 11.3. The van der Waals surface area contributed by atoms with Crippen LogP contribution in [0.15, 0.2) is 18.2 Å². The molecule has 23 heavy (non-hydrogen) atoms. The van der Waals surface area contributed by atoms with E-state index in [0.717, 1.165) is 31.2 Å². The second kappa shape index (κ2) is 9.40. The van der Waals surface area contributed by atoms with Gasteiger partial charge in [-0.3, -0.25) is 9.63 Å². The van der Waals surface area contributed by atoms with Crippen molar-refractivity contribution in [2.24, 2.45) is 0 Å². The topological polar surface area (TPSA) is 48.0 Å². The smallest absolute Gasteiger partial charge is 0.233 e. The number of ether oxygens (including phenoxy) is 2. The van der Waals surface area contributed by atoms with Crippen LogP contribution in [0.4, 0.5) is 0 Å². The number of methoxy groups -OCH3 is 2. The van der Waals surface area contributed by atoms with E-state index in [1.165, 1.54) is 11.5 Å². The zero-order chi connectivity index (χ0) is 17.3. The Hall–Kier alpha value is -1.75. The average molecular weight is 323 g/mol. The lowest BCUT2D eigenvalue weighted by Gasteiger charge is -2.31. The summed E-state index contributed by atoms with van der Waals surface area (Å²) in [5.74, 6) is 1.38. The van der Waals surface area contributed by atoms with E-state index in [9.17, 15) is 4.79 Å². The molecule has 0 fully saturated rings. The summed E-state index contributed by atoms with van der Waals surface area (Å²) in [6.45, 7) is 6.59. The minimum atomic E-state index is -0.673. The van der Waals surface area contributed by atoms with Gasteiger partial charge in [-0.2, -0.15) is 0 Å². The van der Waals surface area contributed by atoms with Crippen LogP contribution in [-0.2, 0) is 15.2 Å². The number of unbranched alkanes of at least 4 members (excludes halogenated alkanes) is 3. The molecule has 0 unspecified atom stereocenters. The van der Waals surface area contributed by atoms with Gasteiger partial charge in [0.1, 0.15) is 17.1 Å². The van der Waals surface area contributed by atoms with Crippen molar-refractivity contribution in [3.63, 3.8) is 0 Å². The van der Waals surface area contributed by atoms with E-state index in [-0.39, 0.29) is 0 Å². The van der Waals surface area contributed by atoms with E-state index in [4.69, 9.17) is 14.3 Å². The standard InChI is InChI=1S/C18H29NO4/c1-6-7-8-9-10-19(14-20)23-18(2,3)15-11-16(21-4)13-17(12-15)22-5/h11-14H,6-10H2,1-5H3. The van der Waals surface area contributed by atoms with E-state index in [1.807, 2.05) is 32.0 Å². The third-order valence-electron chi connectivity index (χ3n) is 3.74. The summed E-state index contributed by atoms with van der Waals surface area (Å²) in [4.78, 5) is 17.2. The van der Waals surface area contributed by atoms with Gasteiger partial charge < -0.3 is 9.47 Å². The van der Waals surface area contributed by atoms with Gasteiger partial charge in [0, 0.05) is 12.6 Å². The summed E-state index contributed by atoms with van der Waals surface area (Å²) >= 11 is 0. The van der Waals surface area contributed by atoms with Crippen LogP contribution in [0.25, 0.3) is 0 Å². The summed E-state index contributed by atoms with van der Waals surface area (Å²) in [5, 5.41) is 1.38. The van der Waals surface area contributed by atoms with Gasteiger partial charge in [0.25, 0.3) is 0 Å². The molecule has 5 nitrogen and oxygen atoms in total. The molecule has 0 saturated heterocycles. The van der Waals surface area contributed by atoms with Crippen LogP contribution in [-0.4, -0.2) is 32.2 Å². The number of hydroxylamine groups is 2. The minimum absolute atomic E-state index is 0.591. The molecule has 0 bridgehead atoms. The van der Waals surface area contributed by atoms with Crippen molar-refractivity contribution in [1.29, 1.82) is 0 Å². The molecule has 5 heteroatoms. The summed E-state index contributed by atoms with van der Waals surface area (Å²) in [5.41, 5.74) is 0.210. The van der Waals surface area contributed by atoms with Crippen molar-refractivity contribution in [1.82, 2.24) is 5.06 Å². The second-order valence-electron chi connectivity index (χ2n) is 6.01. The Bertz CT molecular complexity index is 466. The molecule has 0 atom stereocenters. The van der Waals surface area contributed by atoms with Crippen molar-refractivity contribution in [3.8, 4) is 11.5 Å². The average Bonchev–Trinajstić information content (AvgIpc) is 2.56. The molecule has 0 spiro atoms. The SMILES string of the molecule is CCCCCCN(C=O)OC(C)(C)c1cc(OC)cc(OC)c1. The van der Waals surface area contributed by atoms with Gasteiger partial charge in [-0.1, -0.05) is 26.2 Å². The van der Waals surface area contributed by atoms with Gasteiger partial charge in [-0.05, 0) is 38.0 Å². The number of carbonyl (C=O) groups excluding carboxylic acids is 1. The Balaban J connectivity index is 2.81. The van der Waals surface area contributed by atoms with Gasteiger partial charge in [-0.15, -0.1) is 0 Å². The molecule has 0 aromatic heterocycles. The zero-order valence-corrected chi connectivity index (χ0v) is 14.9. The number of amides is 1. The molecular formula is C18H29NO4. The van der Waals surface area contributed by atoms with E-state index < -0.39 is 5.60 Å². The molecule has 1 aromatic rings. The van der Waals surface area contributed by atoms with Crippen LogP contribution in [0.1, 0.15) is 52.0 Å². The Labute approximate surface area is 139 Å². The minimum Gasteiger partial charge on any atom is -0.497 e. The Morgan fingerprint density at radius 1 is 1.04 bits per heavy atom. The van der Waals surface area contributed by atoms with E-state index in [1.54, 1.807) is 14.2 Å². The Morgan fingerprint density at radius 2 is 1.65 bits per heavy atom. The molecule has 0 saturated carbocycles. The molecule has 0 N–H and O–H groups in total. The van der Waals surface area contributed by atoms with Crippen LogP contribution >= 0.6 is 0 Å². The lowest BCUT2D eigenvalue weighted by atomic mass is 9.98. The van der Waals surface area contributed by atoms with Gasteiger partial charge in [0.05, 0.1) is 14.2 Å². The second-order valence-corrected chi connectivity index (χ2v) is 6.01. The predicted octanol–water partition coefficient (Wildman–Crippen LogP) is 3.91. The predicted molar refractivity (Wildman–Crippen MR) is 90.6 cm³/mol. The van der Waals surface area contributed by atoms with E-state index in [2.05, 4.69) is 6.92 Å². The van der Waals surface area contributed by atoms with Crippen LogP contribution < -0.4 is 9.47 Å². The lowest BCUT2D eigenvalue weighted by molar-refractivity contribution is -0.225. The van der Waals surface area contributed by atoms with Crippen molar-refractivity contribution >= 4 is 6.41 Å². The van der Waals surface area contributed by atoms with Crippen LogP contribution in [0.5, 0.6) is 11.5 Å². The van der Waals surface area contributed by atoms with Crippen molar-refractivity contribution < 1.29 is 19.1 Å². The largest absolute Gasteiger partial charge is 0.497 e. The number of benzene rings is 1. The normalized spacial score (nSPS) is 11.2. The molecular weight excluding hydrogens is 294 g/mol. The highest BCUT2D eigenvalue weighted by Crippen LogP contribution is 2.32. The monoisotopic (exact) mass is 323 g/mol. The molecule has 1 aromatic carbocycles. The number of hydrogen-bond donors (Lipinski definition) is 0. The molecule has 1 rings (SSSR count). The third-order valence-corrected chi connectivity index (χ3v) is 3.74. The van der Waals surface area contributed by atoms with Gasteiger partial charge >= 0.3 is 0 Å². The third kappa shape index (κ3) is 6.10. The fourth-order valence-electron chi connectivity index (χ4n) is 2.32. The number of carbonyl (C=O) groups is 1. The summed E-state index contributed by atoms with van der Waals surface area (Å²) in [6, 6.07) is 5.59. The lowest BCUT2D eigenvalue weighted by Crippen LogP contribution is -2.34. The van der Waals surface area contributed by atoms with Gasteiger partial charge in [0.15, 0.2) is 0 Å². The molecule has 1 amide bonds. The first-order valence-electron chi connectivity index (χ1n) is 8.11. The summed E-state index contributed by atoms with van der Waals surface area (Å²) in [7, 11) is 3.22. The first-order valence-corrected chi connectivity index (χ1v) is 8.11. The van der Waals surface area contributed by atoms with Gasteiger partial charge in [0.2, 0.25) is 6.41 Å². The fourth-order valence-corrected chi connectivity index (χ4v) is 2.32. The molecule has 0 aliphatic carbocycles. The van der Waals surface area contributed by atoms with E-state index in [0.29, 0.717) is 18.0 Å². The van der Waals surface area contributed by atoms with Crippen LogP contribution in [0.3, 0.4) is 0 Å². The van der Waals surface area contributed by atoms with Crippen LogP contribution in [0, 0.1) is 0 Å². The van der Waals surface area contributed by atoms with Gasteiger partial charge in [-0.25, -0.2) is 5.06 Å². The Kier molecular flexibility index (Phi) is 7.89. The van der Waals surface area contributed by atoms with Crippen LogP contribution in [0.2, 0.25) is 0 Å². The highest BCUT2D eigenvalue weighted by Gasteiger charge is 2.26. The zero-order valence-electron chi connectivity index (χ0n) is 14.9. The quantitative estimate of drug-likeness (QED) is 0.352. The Morgan fingerprint density at radius 3 is 2.13 bits per heavy atom. The molecule has 0 aliphatic rings. The van der Waals surface area contributed by atoms with Crippen molar-refractivity contribution in [2.45, 2.75) is 52.1 Å². The first-order chi connectivity index (χ1) is 11.0. The molecule has 0 radical (unpaired) electrons. The summed E-state index contributed by atoms with van der Waals surface area (Å²) in [6.07, 6.45) is 5.10. The fraction of sp³-hybridized carbons (Fsp3) is 0.611. The maximum atomic E-state index is 11.3. The molecule has 130 valence electrons. The highest BCUT2D eigenvalue weighted by molar-refractivity contribution is 5.45. The van der Waals surface area contributed by atoms with E-state index >= 15 is 0 Å². The first kappa shape index (κ1) is 19.3. The summed E-state index contributed by atoms with van der Waals surface area (Å²) < 4.78 is 10.6.